The van der Waals surface area contributed by atoms with Crippen molar-refractivity contribution in [1.82, 2.24) is 5.27 Å². The molecule has 0 aliphatic heterocycles. The molecule has 9 heteroatoms. The summed E-state index contributed by atoms with van der Waals surface area (Å²) in [5, 5.41) is 5.83. The van der Waals surface area contributed by atoms with Gasteiger partial charge in [0, 0.05) is 22.8 Å². The van der Waals surface area contributed by atoms with Gasteiger partial charge in [-0.3, -0.25) is 9.32 Å². The van der Waals surface area contributed by atoms with E-state index in [0.29, 0.717) is 28.6 Å². The van der Waals surface area contributed by atoms with Gasteiger partial charge in [-0.05, 0) is 64.9 Å². The fourth-order valence-corrected chi connectivity index (χ4v) is 3.84. The van der Waals surface area contributed by atoms with Crippen LogP contribution in [0.1, 0.15) is 18.9 Å². The minimum absolute atomic E-state index is 0.218. The molecule has 0 aliphatic rings. The number of thioether (sulfide) groups is 1. The molecule has 1 atom stereocenters. The third-order valence-corrected chi connectivity index (χ3v) is 6.19. The molecule has 0 saturated heterocycles. The minimum Gasteiger partial charge on any atom is -0.497 e. The molecule has 0 bridgehead atoms. The average molecular weight is 435 g/mol. The standard InChI is InChI=1S/C20H20ClN3O4S/c1-4-17(18(25)22-16-7-5-6-15(21)12(16)2)29-19-20(26)28-23-24(19)13-8-10-14(27-3)11-9-13/h5-11,17H,4H2,1-3H3,(H-,22,23,25,26)/p+1. The van der Waals surface area contributed by atoms with Gasteiger partial charge in [-0.2, -0.15) is 0 Å². The van der Waals surface area contributed by atoms with Crippen LogP contribution in [-0.4, -0.2) is 23.5 Å². The predicted molar refractivity (Wildman–Crippen MR) is 112 cm³/mol. The van der Waals surface area contributed by atoms with E-state index in [-0.39, 0.29) is 10.9 Å². The van der Waals surface area contributed by atoms with Crippen molar-refractivity contribution >= 4 is 35.0 Å². The fourth-order valence-electron chi connectivity index (χ4n) is 2.68. The molecular formula is C20H21ClN3O4S+. The van der Waals surface area contributed by atoms with Crippen LogP contribution >= 0.6 is 23.4 Å². The third kappa shape index (κ3) is 4.65. The molecule has 1 heterocycles. The van der Waals surface area contributed by atoms with Crippen LogP contribution in [0.5, 0.6) is 5.75 Å². The maximum atomic E-state index is 12.8. The zero-order valence-corrected chi connectivity index (χ0v) is 17.8. The highest BCUT2D eigenvalue weighted by Gasteiger charge is 2.30. The summed E-state index contributed by atoms with van der Waals surface area (Å²) in [7, 11) is 1.58. The summed E-state index contributed by atoms with van der Waals surface area (Å²) in [6.45, 7) is 3.72. The molecule has 1 unspecified atom stereocenters. The number of aromatic amines is 1. The van der Waals surface area contributed by atoms with Crippen LogP contribution < -0.4 is 20.4 Å². The van der Waals surface area contributed by atoms with E-state index >= 15 is 0 Å². The molecule has 2 N–H and O–H groups in total. The van der Waals surface area contributed by atoms with Crippen molar-refractivity contribution in [1.29, 1.82) is 0 Å². The summed E-state index contributed by atoms with van der Waals surface area (Å²) in [6, 6.07) is 12.4. The van der Waals surface area contributed by atoms with Gasteiger partial charge < -0.3 is 10.1 Å². The number of anilines is 1. The zero-order valence-electron chi connectivity index (χ0n) is 16.2. The number of hydrogen-bond donors (Lipinski definition) is 2. The molecule has 152 valence electrons. The lowest BCUT2D eigenvalue weighted by Crippen LogP contribution is -2.37. The normalized spacial score (nSPS) is 11.9. The Hall–Kier alpha value is -2.71. The fraction of sp³-hybridized carbons (Fsp3) is 0.250. The van der Waals surface area contributed by atoms with Crippen LogP contribution in [0, 0.1) is 6.92 Å². The SMILES string of the molecule is CCC(Sc1c(=O)o[nH][n+]1-c1ccc(OC)cc1)C(=O)Nc1cccc(Cl)c1C. The Labute approximate surface area is 177 Å². The van der Waals surface area contributed by atoms with Crippen LogP contribution in [0.25, 0.3) is 5.69 Å². The number of benzene rings is 2. The Balaban J connectivity index is 1.83. The van der Waals surface area contributed by atoms with E-state index in [4.69, 9.17) is 20.9 Å². The Morgan fingerprint density at radius 3 is 2.69 bits per heavy atom. The van der Waals surface area contributed by atoms with Crippen molar-refractivity contribution in [3.63, 3.8) is 0 Å². The van der Waals surface area contributed by atoms with Crippen molar-refractivity contribution < 1.29 is 18.7 Å². The van der Waals surface area contributed by atoms with Gasteiger partial charge in [0.05, 0.1) is 12.4 Å². The van der Waals surface area contributed by atoms with Crippen LogP contribution in [0.15, 0.2) is 56.8 Å². The quantitative estimate of drug-likeness (QED) is 0.437. The van der Waals surface area contributed by atoms with Gasteiger partial charge in [0.25, 0.3) is 0 Å². The number of aromatic nitrogens is 2. The van der Waals surface area contributed by atoms with E-state index in [1.807, 2.05) is 13.8 Å². The molecule has 3 aromatic rings. The number of carbonyl (C=O) groups is 1. The summed E-state index contributed by atoms with van der Waals surface area (Å²) >= 11 is 7.27. The highest BCUT2D eigenvalue weighted by Crippen LogP contribution is 2.26. The number of ether oxygens (including phenoxy) is 1. The number of rotatable bonds is 7. The number of H-pyrrole nitrogens is 1. The lowest BCUT2D eigenvalue weighted by molar-refractivity contribution is -0.704. The van der Waals surface area contributed by atoms with Gasteiger partial charge in [-0.1, -0.05) is 24.6 Å². The van der Waals surface area contributed by atoms with Gasteiger partial charge in [0.15, 0.2) is 0 Å². The van der Waals surface area contributed by atoms with E-state index in [0.717, 1.165) is 17.3 Å². The second-order valence-electron chi connectivity index (χ2n) is 6.24. The lowest BCUT2D eigenvalue weighted by Gasteiger charge is -2.14. The first-order chi connectivity index (χ1) is 13.9. The van der Waals surface area contributed by atoms with Gasteiger partial charge in [0.2, 0.25) is 11.6 Å². The molecule has 3 rings (SSSR count). The third-order valence-electron chi connectivity index (χ3n) is 4.38. The first-order valence-electron chi connectivity index (χ1n) is 8.95. The number of halogens is 1. The van der Waals surface area contributed by atoms with Crippen molar-refractivity contribution in [2.24, 2.45) is 0 Å². The molecule has 0 fully saturated rings. The van der Waals surface area contributed by atoms with E-state index in [1.54, 1.807) is 49.6 Å². The summed E-state index contributed by atoms with van der Waals surface area (Å²) < 4.78 is 11.6. The van der Waals surface area contributed by atoms with Crippen molar-refractivity contribution in [3.05, 3.63) is 63.5 Å². The topological polar surface area (TPSA) is 88.2 Å². The molecule has 29 heavy (non-hydrogen) atoms. The zero-order chi connectivity index (χ0) is 21.0. The summed E-state index contributed by atoms with van der Waals surface area (Å²) in [5.41, 5.74) is 1.57. The summed E-state index contributed by atoms with van der Waals surface area (Å²) in [5.74, 6) is 0.474. The summed E-state index contributed by atoms with van der Waals surface area (Å²) in [4.78, 5) is 25.1. The van der Waals surface area contributed by atoms with Gasteiger partial charge in [0.1, 0.15) is 5.75 Å². The number of methoxy groups -OCH3 is 1. The minimum atomic E-state index is -0.545. The maximum Gasteiger partial charge on any atom is 0.442 e. The molecule has 0 spiro atoms. The number of amides is 1. The molecule has 1 amide bonds. The van der Waals surface area contributed by atoms with E-state index in [9.17, 15) is 9.59 Å². The number of hydrogen-bond acceptors (Lipinski definition) is 5. The van der Waals surface area contributed by atoms with E-state index in [1.165, 1.54) is 4.68 Å². The number of nitrogens with one attached hydrogen (secondary N) is 2. The largest absolute Gasteiger partial charge is 0.497 e. The Kier molecular flexibility index (Phi) is 6.66. The van der Waals surface area contributed by atoms with Gasteiger partial charge in [-0.25, -0.2) is 4.79 Å². The highest BCUT2D eigenvalue weighted by atomic mass is 35.5. The molecule has 2 aromatic carbocycles. The van der Waals surface area contributed by atoms with Crippen molar-refractivity contribution in [3.8, 4) is 11.4 Å². The van der Waals surface area contributed by atoms with E-state index in [2.05, 4.69) is 10.6 Å². The van der Waals surface area contributed by atoms with Crippen LogP contribution in [0.2, 0.25) is 5.02 Å². The highest BCUT2D eigenvalue weighted by molar-refractivity contribution is 8.00. The Bertz CT molecular complexity index is 1060. The molecule has 7 nitrogen and oxygen atoms in total. The van der Waals surface area contributed by atoms with Gasteiger partial charge >= 0.3 is 10.7 Å². The van der Waals surface area contributed by atoms with Crippen molar-refractivity contribution in [2.45, 2.75) is 30.5 Å². The molecule has 0 saturated carbocycles. The second-order valence-corrected chi connectivity index (χ2v) is 7.83. The van der Waals surface area contributed by atoms with Crippen LogP contribution in [-0.2, 0) is 4.79 Å². The molecule has 0 aliphatic carbocycles. The lowest BCUT2D eigenvalue weighted by atomic mass is 10.2. The molecular weight excluding hydrogens is 414 g/mol. The van der Waals surface area contributed by atoms with Crippen molar-refractivity contribution in [2.75, 3.05) is 12.4 Å². The Morgan fingerprint density at radius 1 is 1.31 bits per heavy atom. The number of nitrogens with zero attached hydrogens (tertiary/aromatic N) is 1. The predicted octanol–water partition coefficient (Wildman–Crippen LogP) is 3.72. The second kappa shape index (κ2) is 9.19. The molecule has 1 aromatic heterocycles. The first-order valence-corrected chi connectivity index (χ1v) is 10.2. The first kappa shape index (κ1) is 21.0. The van der Waals surface area contributed by atoms with E-state index < -0.39 is 10.9 Å². The average Bonchev–Trinajstić information content (AvgIpc) is 3.09. The monoisotopic (exact) mass is 434 g/mol. The van der Waals surface area contributed by atoms with Crippen LogP contribution in [0.4, 0.5) is 5.69 Å². The molecule has 0 radical (unpaired) electrons. The number of carbonyl (C=O) groups excluding carboxylic acids is 1. The smallest absolute Gasteiger partial charge is 0.442 e. The summed E-state index contributed by atoms with van der Waals surface area (Å²) in [6.07, 6.45) is 0.517. The maximum absolute atomic E-state index is 12.8. The van der Waals surface area contributed by atoms with Crippen LogP contribution in [0.3, 0.4) is 0 Å². The van der Waals surface area contributed by atoms with Gasteiger partial charge in [-0.15, -0.1) is 0 Å². The Morgan fingerprint density at radius 2 is 2.03 bits per heavy atom.